The number of carboxylic acid groups (broad SMARTS) is 1. The maximum Gasteiger partial charge on any atom is 0.410 e. The number of hydrogen-bond donors (Lipinski definition) is 2. The molecule has 0 aromatic carbocycles. The van der Waals surface area contributed by atoms with Gasteiger partial charge in [-0.25, -0.2) is 4.79 Å². The molecule has 3 rings (SSSR count). The summed E-state index contributed by atoms with van der Waals surface area (Å²) in [5, 5.41) is 11.6. The van der Waals surface area contributed by atoms with Gasteiger partial charge in [0.1, 0.15) is 0 Å². The van der Waals surface area contributed by atoms with Crippen molar-refractivity contribution in [2.24, 2.45) is 5.92 Å². The van der Waals surface area contributed by atoms with Crippen molar-refractivity contribution in [2.75, 3.05) is 20.2 Å². The molecule has 2 bridgehead atoms. The van der Waals surface area contributed by atoms with Gasteiger partial charge in [0.15, 0.2) is 0 Å². The Balaban J connectivity index is 2.03. The molecule has 1 amide bonds. The quantitative estimate of drug-likeness (QED) is 0.682. The van der Waals surface area contributed by atoms with Crippen LogP contribution in [0.4, 0.5) is 4.79 Å². The lowest BCUT2D eigenvalue weighted by atomic mass is 9.82. The third-order valence-electron chi connectivity index (χ3n) is 3.27. The van der Waals surface area contributed by atoms with Gasteiger partial charge < -0.3 is 15.2 Å². The normalized spacial score (nSPS) is 30.4. The highest BCUT2D eigenvalue weighted by Crippen LogP contribution is 2.30. The first kappa shape index (κ1) is 11.9. The predicted molar refractivity (Wildman–Crippen MR) is 59.6 cm³/mol. The van der Waals surface area contributed by atoms with Crippen molar-refractivity contribution in [1.82, 2.24) is 10.2 Å². The lowest BCUT2D eigenvalue weighted by Crippen LogP contribution is -2.60. The average molecular weight is 240 g/mol. The fourth-order valence-electron chi connectivity index (χ4n) is 2.52. The molecule has 0 saturated carbocycles. The molecule has 2 heterocycles. The highest BCUT2D eigenvalue weighted by molar-refractivity contribution is 5.70. The fourth-order valence-corrected chi connectivity index (χ4v) is 2.52. The summed E-state index contributed by atoms with van der Waals surface area (Å²) >= 11 is 0. The number of aliphatic carboxylic acids is 1. The molecule has 94 valence electrons. The van der Waals surface area contributed by atoms with Gasteiger partial charge in [-0.3, -0.25) is 9.69 Å². The number of nitrogens with zero attached hydrogens (tertiary/aromatic N) is 1. The van der Waals surface area contributed by atoms with Gasteiger partial charge in [0.2, 0.25) is 0 Å². The number of fused-ring (bicyclic) bond motifs is 2. The molecule has 17 heavy (non-hydrogen) atoms. The first-order chi connectivity index (χ1) is 8.11. The summed E-state index contributed by atoms with van der Waals surface area (Å²) < 4.78 is 4.73. The highest BCUT2D eigenvalue weighted by Gasteiger charge is 2.40. The van der Waals surface area contributed by atoms with Crippen LogP contribution in [0.2, 0.25) is 0 Å². The summed E-state index contributed by atoms with van der Waals surface area (Å²) in [4.78, 5) is 23.7. The zero-order valence-corrected chi connectivity index (χ0v) is 9.63. The van der Waals surface area contributed by atoms with Crippen molar-refractivity contribution in [1.29, 1.82) is 0 Å². The Morgan fingerprint density at radius 3 is 2.88 bits per heavy atom. The van der Waals surface area contributed by atoms with Gasteiger partial charge in [-0.05, 0) is 12.3 Å². The first-order valence-electron chi connectivity index (χ1n) is 5.60. The van der Waals surface area contributed by atoms with Crippen molar-refractivity contribution < 1.29 is 19.4 Å². The Kier molecular flexibility index (Phi) is 3.33. The number of nitrogens with one attached hydrogen (secondary N) is 1. The number of methoxy groups -OCH3 is 1. The van der Waals surface area contributed by atoms with E-state index in [1.165, 1.54) is 7.11 Å². The van der Waals surface area contributed by atoms with Crippen LogP contribution in [0.5, 0.6) is 0 Å². The van der Waals surface area contributed by atoms with Gasteiger partial charge in [-0.1, -0.05) is 12.2 Å². The molecule has 3 aliphatic rings. The van der Waals surface area contributed by atoms with Crippen LogP contribution in [0.15, 0.2) is 12.2 Å². The zero-order chi connectivity index (χ0) is 12.4. The van der Waals surface area contributed by atoms with Crippen LogP contribution in [0.3, 0.4) is 0 Å². The maximum absolute atomic E-state index is 11.6. The van der Waals surface area contributed by atoms with Gasteiger partial charge >= 0.3 is 12.1 Å². The van der Waals surface area contributed by atoms with Gasteiger partial charge in [0.05, 0.1) is 19.7 Å². The molecule has 3 atom stereocenters. The Labute approximate surface area is 99.2 Å². The van der Waals surface area contributed by atoms with E-state index in [-0.39, 0.29) is 30.6 Å². The number of carbonyl (C=O) groups excluding carboxylic acids is 1. The van der Waals surface area contributed by atoms with Crippen LogP contribution in [0, 0.1) is 5.92 Å². The van der Waals surface area contributed by atoms with E-state index in [2.05, 4.69) is 11.4 Å². The number of rotatable bonds is 3. The SMILES string of the molecule is COC(=O)N1CC2C=CC1C(NCC(=O)O)C2. The van der Waals surface area contributed by atoms with E-state index in [4.69, 9.17) is 9.84 Å². The molecule has 2 aliphatic heterocycles. The van der Waals surface area contributed by atoms with Crippen LogP contribution < -0.4 is 5.32 Å². The topological polar surface area (TPSA) is 78.9 Å². The summed E-state index contributed by atoms with van der Waals surface area (Å²) in [6.07, 6.45) is 4.55. The number of hydrogen-bond acceptors (Lipinski definition) is 4. The minimum absolute atomic E-state index is 0.00560. The summed E-state index contributed by atoms with van der Waals surface area (Å²) in [6.45, 7) is 0.565. The first-order valence-corrected chi connectivity index (χ1v) is 5.60. The minimum Gasteiger partial charge on any atom is -0.480 e. The van der Waals surface area contributed by atoms with Crippen molar-refractivity contribution in [2.45, 2.75) is 18.5 Å². The van der Waals surface area contributed by atoms with Gasteiger partial charge in [-0.2, -0.15) is 0 Å². The van der Waals surface area contributed by atoms with Crippen LogP contribution >= 0.6 is 0 Å². The smallest absolute Gasteiger partial charge is 0.410 e. The lowest BCUT2D eigenvalue weighted by Gasteiger charge is -2.45. The van der Waals surface area contributed by atoms with Crippen molar-refractivity contribution in [3.8, 4) is 0 Å². The van der Waals surface area contributed by atoms with Crippen molar-refractivity contribution >= 4 is 12.1 Å². The second-order valence-electron chi connectivity index (χ2n) is 4.37. The molecule has 0 aromatic heterocycles. The average Bonchev–Trinajstić information content (AvgIpc) is 2.35. The lowest BCUT2D eigenvalue weighted by molar-refractivity contribution is -0.136. The highest BCUT2D eigenvalue weighted by atomic mass is 16.5. The molecule has 6 nitrogen and oxygen atoms in total. The van der Waals surface area contributed by atoms with Gasteiger partial charge in [0, 0.05) is 12.6 Å². The number of piperidine rings is 1. The van der Waals surface area contributed by atoms with E-state index in [1.807, 2.05) is 6.08 Å². The van der Waals surface area contributed by atoms with Gasteiger partial charge in [-0.15, -0.1) is 0 Å². The summed E-state index contributed by atoms with van der Waals surface area (Å²) in [6, 6.07) is -0.110. The second-order valence-corrected chi connectivity index (χ2v) is 4.37. The minimum atomic E-state index is -0.889. The van der Waals surface area contributed by atoms with Crippen molar-refractivity contribution in [3.63, 3.8) is 0 Å². The van der Waals surface area contributed by atoms with E-state index < -0.39 is 5.97 Å². The van der Waals surface area contributed by atoms with Crippen molar-refractivity contribution in [3.05, 3.63) is 12.2 Å². The molecule has 1 fully saturated rings. The fraction of sp³-hybridized carbons (Fsp3) is 0.636. The van der Waals surface area contributed by atoms with E-state index in [1.54, 1.807) is 4.90 Å². The molecule has 0 aromatic rings. The Morgan fingerprint density at radius 2 is 2.29 bits per heavy atom. The molecular weight excluding hydrogens is 224 g/mol. The number of amides is 1. The van der Waals surface area contributed by atoms with Crippen LogP contribution in [-0.2, 0) is 9.53 Å². The molecule has 1 aliphatic carbocycles. The van der Waals surface area contributed by atoms with E-state index >= 15 is 0 Å². The van der Waals surface area contributed by atoms with E-state index in [9.17, 15) is 9.59 Å². The van der Waals surface area contributed by atoms with Crippen LogP contribution in [0.25, 0.3) is 0 Å². The molecule has 6 heteroatoms. The monoisotopic (exact) mass is 240 g/mol. The molecule has 3 unspecified atom stereocenters. The summed E-state index contributed by atoms with van der Waals surface area (Å²) in [7, 11) is 1.36. The molecule has 0 spiro atoms. The van der Waals surface area contributed by atoms with E-state index in [0.29, 0.717) is 6.54 Å². The molecular formula is C11H16N2O4. The van der Waals surface area contributed by atoms with Crippen LogP contribution in [0.1, 0.15) is 6.42 Å². The number of ether oxygens (including phenoxy) is 1. The number of carbonyl (C=O) groups is 2. The number of carboxylic acids is 1. The third-order valence-corrected chi connectivity index (χ3v) is 3.27. The predicted octanol–water partition coefficient (Wildman–Crippen LogP) is 0.0559. The van der Waals surface area contributed by atoms with E-state index in [0.717, 1.165) is 6.42 Å². The Bertz CT molecular complexity index is 355. The molecule has 1 saturated heterocycles. The molecule has 2 N–H and O–H groups in total. The van der Waals surface area contributed by atoms with Gasteiger partial charge in [0.25, 0.3) is 0 Å². The zero-order valence-electron chi connectivity index (χ0n) is 9.63. The van der Waals surface area contributed by atoms with Crippen LogP contribution in [-0.4, -0.2) is 54.4 Å². The largest absolute Gasteiger partial charge is 0.480 e. The Morgan fingerprint density at radius 1 is 1.53 bits per heavy atom. The Hall–Kier alpha value is -1.56. The standard InChI is InChI=1S/C11H16N2O4/c1-17-11(16)13-6-7-2-3-9(13)8(4-7)12-5-10(14)15/h2-3,7-9,12H,4-6H2,1H3,(H,14,15). The second kappa shape index (κ2) is 4.75. The summed E-state index contributed by atoms with van der Waals surface area (Å²) in [5.74, 6) is -0.606. The summed E-state index contributed by atoms with van der Waals surface area (Å²) in [5.41, 5.74) is 0. The maximum atomic E-state index is 11.6. The molecule has 0 radical (unpaired) electrons. The third kappa shape index (κ3) is 2.41.